The number of likely N-dealkylation sites (N-methyl/N-ethyl adjacent to an activating group) is 1. The molecule has 0 unspecified atom stereocenters. The summed E-state index contributed by atoms with van der Waals surface area (Å²) in [5, 5.41) is 3.09. The molecule has 0 heterocycles. The van der Waals surface area contributed by atoms with Gasteiger partial charge >= 0.3 is 0 Å². The van der Waals surface area contributed by atoms with Crippen molar-refractivity contribution in [3.05, 3.63) is 35.9 Å². The number of carbonyl (C=O) groups is 1. The highest BCUT2D eigenvalue weighted by atomic mass is 35.5. The van der Waals surface area contributed by atoms with Crippen molar-refractivity contribution < 1.29 is 4.79 Å². The van der Waals surface area contributed by atoms with Crippen LogP contribution in [0.25, 0.3) is 0 Å². The lowest BCUT2D eigenvalue weighted by atomic mass is 9.80. The quantitative estimate of drug-likeness (QED) is 0.836. The maximum absolute atomic E-state index is 12.3. The first-order chi connectivity index (χ1) is 10.5. The Kier molecular flexibility index (Phi) is 8.03. The molecule has 1 atom stereocenters. The van der Waals surface area contributed by atoms with E-state index in [-0.39, 0.29) is 23.9 Å². The van der Waals surface area contributed by atoms with Crippen LogP contribution in [-0.2, 0) is 11.2 Å². The summed E-state index contributed by atoms with van der Waals surface area (Å²) >= 11 is 0. The van der Waals surface area contributed by atoms with Crippen LogP contribution in [0.4, 0.5) is 0 Å². The molecule has 1 aliphatic rings. The second-order valence-electron chi connectivity index (χ2n) is 6.69. The molecule has 1 aliphatic carbocycles. The molecule has 0 aromatic heterocycles. The second-order valence-corrected chi connectivity index (χ2v) is 6.69. The maximum Gasteiger partial charge on any atom is 0.237 e. The van der Waals surface area contributed by atoms with Crippen molar-refractivity contribution in [2.24, 2.45) is 5.73 Å². The van der Waals surface area contributed by atoms with Crippen LogP contribution in [0.15, 0.2) is 30.3 Å². The predicted octanol–water partition coefficient (Wildman–Crippen LogP) is 2.36. The zero-order chi connectivity index (χ0) is 16.0. The largest absolute Gasteiger partial charge is 0.353 e. The van der Waals surface area contributed by atoms with E-state index < -0.39 is 6.04 Å². The molecule has 1 fully saturated rings. The molecule has 1 amide bonds. The Bertz CT molecular complexity index is 472. The van der Waals surface area contributed by atoms with Crippen molar-refractivity contribution in [2.75, 3.05) is 20.6 Å². The smallest absolute Gasteiger partial charge is 0.237 e. The van der Waals surface area contributed by atoms with Gasteiger partial charge in [-0.25, -0.2) is 0 Å². The van der Waals surface area contributed by atoms with Gasteiger partial charge in [-0.05, 0) is 38.9 Å². The molecule has 5 heteroatoms. The zero-order valence-corrected chi connectivity index (χ0v) is 15.1. The van der Waals surface area contributed by atoms with Crippen LogP contribution < -0.4 is 11.1 Å². The fourth-order valence-corrected chi connectivity index (χ4v) is 3.34. The third kappa shape index (κ3) is 5.48. The van der Waals surface area contributed by atoms with Gasteiger partial charge in [-0.1, -0.05) is 49.6 Å². The van der Waals surface area contributed by atoms with E-state index in [0.717, 1.165) is 18.4 Å². The first kappa shape index (κ1) is 19.9. The van der Waals surface area contributed by atoms with E-state index in [9.17, 15) is 4.79 Å². The SMILES string of the molecule is CN(C)C1(CNC(=O)[C@@H](N)Cc2ccccc2)CCCCC1.Cl. The number of nitrogens with zero attached hydrogens (tertiary/aromatic N) is 1. The Balaban J connectivity index is 0.00000264. The van der Waals surface area contributed by atoms with Crippen LogP contribution in [0.3, 0.4) is 0 Å². The highest BCUT2D eigenvalue weighted by molar-refractivity contribution is 5.85. The van der Waals surface area contributed by atoms with Crippen molar-refractivity contribution in [1.29, 1.82) is 0 Å². The summed E-state index contributed by atoms with van der Waals surface area (Å²) < 4.78 is 0. The topological polar surface area (TPSA) is 58.4 Å². The van der Waals surface area contributed by atoms with Crippen molar-refractivity contribution in [3.8, 4) is 0 Å². The van der Waals surface area contributed by atoms with Crippen LogP contribution in [-0.4, -0.2) is 43.0 Å². The van der Waals surface area contributed by atoms with E-state index in [1.807, 2.05) is 30.3 Å². The molecule has 0 bridgehead atoms. The van der Waals surface area contributed by atoms with Crippen LogP contribution in [0, 0.1) is 0 Å². The Labute approximate surface area is 146 Å². The lowest BCUT2D eigenvalue weighted by Gasteiger charge is -2.43. The fraction of sp³-hybridized carbons (Fsp3) is 0.611. The summed E-state index contributed by atoms with van der Waals surface area (Å²) in [6, 6.07) is 9.46. The van der Waals surface area contributed by atoms with Gasteiger partial charge in [-0.2, -0.15) is 0 Å². The van der Waals surface area contributed by atoms with Gasteiger partial charge in [0.05, 0.1) is 6.04 Å². The van der Waals surface area contributed by atoms with Gasteiger partial charge in [0.2, 0.25) is 5.91 Å². The lowest BCUT2D eigenvalue weighted by molar-refractivity contribution is -0.123. The van der Waals surface area contributed by atoms with E-state index in [0.29, 0.717) is 13.0 Å². The Morgan fingerprint density at radius 1 is 1.22 bits per heavy atom. The number of halogens is 1. The minimum atomic E-state index is -0.481. The summed E-state index contributed by atoms with van der Waals surface area (Å²) in [5.41, 5.74) is 7.26. The van der Waals surface area contributed by atoms with Crippen molar-refractivity contribution in [2.45, 2.75) is 50.1 Å². The van der Waals surface area contributed by atoms with Gasteiger partial charge in [0.25, 0.3) is 0 Å². The van der Waals surface area contributed by atoms with E-state index in [4.69, 9.17) is 5.73 Å². The standard InChI is InChI=1S/C18H29N3O.ClH/c1-21(2)18(11-7-4-8-12-18)14-20-17(22)16(19)13-15-9-5-3-6-10-15;/h3,5-6,9-10,16H,4,7-8,11-14,19H2,1-2H3,(H,20,22);1H/t16-;/m0./s1. The molecule has 0 aliphatic heterocycles. The third-order valence-electron chi connectivity index (χ3n) is 4.96. The third-order valence-corrected chi connectivity index (χ3v) is 4.96. The van der Waals surface area contributed by atoms with Gasteiger partial charge in [0.15, 0.2) is 0 Å². The number of benzene rings is 1. The minimum Gasteiger partial charge on any atom is -0.353 e. The average molecular weight is 340 g/mol. The summed E-state index contributed by atoms with van der Waals surface area (Å²) in [4.78, 5) is 14.6. The van der Waals surface area contributed by atoms with Crippen LogP contribution in [0.5, 0.6) is 0 Å². The lowest BCUT2D eigenvalue weighted by Crippen LogP contribution is -2.56. The number of nitrogens with two attached hydrogens (primary N) is 1. The number of hydrogen-bond donors (Lipinski definition) is 2. The molecule has 1 aromatic rings. The maximum atomic E-state index is 12.3. The summed E-state index contributed by atoms with van der Waals surface area (Å²) in [6.45, 7) is 0.696. The molecule has 23 heavy (non-hydrogen) atoms. The molecular formula is C18H30ClN3O. The molecule has 0 spiro atoms. The molecule has 1 saturated carbocycles. The summed E-state index contributed by atoms with van der Waals surface area (Å²) in [5.74, 6) is -0.0457. The van der Waals surface area contributed by atoms with Crippen molar-refractivity contribution in [1.82, 2.24) is 10.2 Å². The highest BCUT2D eigenvalue weighted by Gasteiger charge is 2.34. The minimum absolute atomic E-state index is 0. The average Bonchev–Trinajstić information content (AvgIpc) is 2.54. The zero-order valence-electron chi connectivity index (χ0n) is 14.3. The van der Waals surface area contributed by atoms with Gasteiger partial charge in [-0.15, -0.1) is 12.4 Å². The molecule has 1 aromatic carbocycles. The van der Waals surface area contributed by atoms with Gasteiger partial charge in [-0.3, -0.25) is 4.79 Å². The predicted molar refractivity (Wildman–Crippen MR) is 97.9 cm³/mol. The number of nitrogens with one attached hydrogen (secondary N) is 1. The van der Waals surface area contributed by atoms with Crippen LogP contribution in [0.1, 0.15) is 37.7 Å². The molecular weight excluding hydrogens is 310 g/mol. The molecule has 0 radical (unpaired) electrons. The van der Waals surface area contributed by atoms with Crippen LogP contribution in [0.2, 0.25) is 0 Å². The number of hydrogen-bond acceptors (Lipinski definition) is 3. The summed E-state index contributed by atoms with van der Waals surface area (Å²) in [6.07, 6.45) is 6.66. The number of rotatable bonds is 6. The number of carbonyl (C=O) groups excluding carboxylic acids is 1. The first-order valence-electron chi connectivity index (χ1n) is 8.28. The van der Waals surface area contributed by atoms with E-state index >= 15 is 0 Å². The fourth-order valence-electron chi connectivity index (χ4n) is 3.34. The van der Waals surface area contributed by atoms with E-state index in [1.54, 1.807) is 0 Å². The molecule has 130 valence electrons. The number of amides is 1. The Morgan fingerprint density at radius 3 is 2.39 bits per heavy atom. The second kappa shape index (κ2) is 9.26. The van der Waals surface area contributed by atoms with Crippen molar-refractivity contribution >= 4 is 18.3 Å². The molecule has 3 N–H and O–H groups in total. The highest BCUT2D eigenvalue weighted by Crippen LogP contribution is 2.31. The Morgan fingerprint density at radius 2 is 1.83 bits per heavy atom. The van der Waals surface area contributed by atoms with Gasteiger partial charge in [0.1, 0.15) is 0 Å². The Hall–Kier alpha value is -1.10. The normalized spacial score (nSPS) is 18.1. The van der Waals surface area contributed by atoms with Crippen LogP contribution >= 0.6 is 12.4 Å². The van der Waals surface area contributed by atoms with Gasteiger partial charge in [0, 0.05) is 12.1 Å². The van der Waals surface area contributed by atoms with E-state index in [1.165, 1.54) is 19.3 Å². The molecule has 0 saturated heterocycles. The first-order valence-corrected chi connectivity index (χ1v) is 8.28. The molecule has 4 nitrogen and oxygen atoms in total. The molecule has 2 rings (SSSR count). The monoisotopic (exact) mass is 339 g/mol. The van der Waals surface area contributed by atoms with Crippen molar-refractivity contribution in [3.63, 3.8) is 0 Å². The van der Waals surface area contributed by atoms with E-state index in [2.05, 4.69) is 24.3 Å². The summed E-state index contributed by atoms with van der Waals surface area (Å²) in [7, 11) is 4.22. The van der Waals surface area contributed by atoms with Gasteiger partial charge < -0.3 is 16.0 Å².